The van der Waals surface area contributed by atoms with Crippen LogP contribution in [0.25, 0.3) is 0 Å². The number of aliphatic carboxylic acids is 1. The highest BCUT2D eigenvalue weighted by atomic mass is 16.6. The standard InChI is InChI=1S/C17H25NO5/c1-16(2,3)23-15(21)18-12-9-7-11(8-10-12)17(4,5)13(22-6)14(19)20/h7-10,13H,1-6H3,(H,18,21)(H,19,20). The number of methoxy groups -OCH3 is 1. The van der Waals surface area contributed by atoms with Gasteiger partial charge in [0, 0.05) is 18.2 Å². The lowest BCUT2D eigenvalue weighted by Gasteiger charge is -2.31. The van der Waals surface area contributed by atoms with Gasteiger partial charge in [-0.1, -0.05) is 26.0 Å². The first kappa shape index (κ1) is 19.0. The van der Waals surface area contributed by atoms with Gasteiger partial charge in [-0.3, -0.25) is 5.32 Å². The molecular weight excluding hydrogens is 298 g/mol. The van der Waals surface area contributed by atoms with Crippen LogP contribution in [0.15, 0.2) is 24.3 Å². The first-order valence-electron chi connectivity index (χ1n) is 7.33. The van der Waals surface area contributed by atoms with Crippen LogP contribution in [-0.4, -0.2) is 36.0 Å². The molecule has 1 aromatic rings. The quantitative estimate of drug-likeness (QED) is 0.867. The number of benzene rings is 1. The normalized spacial score (nSPS) is 13.3. The van der Waals surface area contributed by atoms with E-state index in [1.807, 2.05) is 0 Å². The smallest absolute Gasteiger partial charge is 0.412 e. The van der Waals surface area contributed by atoms with Crippen LogP contribution in [0.2, 0.25) is 0 Å². The minimum absolute atomic E-state index is 0.537. The molecule has 0 heterocycles. The predicted molar refractivity (Wildman–Crippen MR) is 87.8 cm³/mol. The summed E-state index contributed by atoms with van der Waals surface area (Å²) in [6.45, 7) is 8.95. The molecule has 0 fully saturated rings. The molecule has 128 valence electrons. The molecule has 0 radical (unpaired) electrons. The third-order valence-electron chi connectivity index (χ3n) is 3.39. The van der Waals surface area contributed by atoms with Gasteiger partial charge in [0.25, 0.3) is 0 Å². The molecule has 0 aliphatic carbocycles. The van der Waals surface area contributed by atoms with Gasteiger partial charge in [-0.05, 0) is 38.5 Å². The number of hydrogen-bond acceptors (Lipinski definition) is 4. The first-order valence-corrected chi connectivity index (χ1v) is 7.33. The van der Waals surface area contributed by atoms with Gasteiger partial charge < -0.3 is 14.6 Å². The largest absolute Gasteiger partial charge is 0.479 e. The van der Waals surface area contributed by atoms with Crippen LogP contribution in [0.1, 0.15) is 40.2 Å². The van der Waals surface area contributed by atoms with Crippen molar-refractivity contribution in [3.63, 3.8) is 0 Å². The van der Waals surface area contributed by atoms with Gasteiger partial charge in [0.2, 0.25) is 0 Å². The van der Waals surface area contributed by atoms with Crippen molar-refractivity contribution in [1.82, 2.24) is 0 Å². The fourth-order valence-corrected chi connectivity index (χ4v) is 2.26. The number of carboxylic acid groups (broad SMARTS) is 1. The van der Waals surface area contributed by atoms with Crippen molar-refractivity contribution in [1.29, 1.82) is 0 Å². The average molecular weight is 323 g/mol. The number of amides is 1. The van der Waals surface area contributed by atoms with E-state index in [-0.39, 0.29) is 0 Å². The minimum atomic E-state index is -1.02. The molecule has 0 saturated heterocycles. The Morgan fingerprint density at radius 3 is 2.00 bits per heavy atom. The highest BCUT2D eigenvalue weighted by molar-refractivity contribution is 5.84. The summed E-state index contributed by atoms with van der Waals surface area (Å²) < 4.78 is 10.3. The zero-order chi connectivity index (χ0) is 17.8. The molecule has 1 unspecified atom stereocenters. The lowest BCUT2D eigenvalue weighted by atomic mass is 9.79. The molecule has 0 aliphatic rings. The molecule has 1 aromatic carbocycles. The van der Waals surface area contributed by atoms with E-state index < -0.39 is 29.2 Å². The highest BCUT2D eigenvalue weighted by Crippen LogP contribution is 2.30. The Bertz CT molecular complexity index is 557. The number of nitrogens with one attached hydrogen (secondary N) is 1. The van der Waals surface area contributed by atoms with Crippen LogP contribution < -0.4 is 5.32 Å². The van der Waals surface area contributed by atoms with Gasteiger partial charge in [-0.2, -0.15) is 0 Å². The van der Waals surface area contributed by atoms with Crippen molar-refractivity contribution in [3.05, 3.63) is 29.8 Å². The molecule has 0 aliphatic heterocycles. The fourth-order valence-electron chi connectivity index (χ4n) is 2.26. The number of ether oxygens (including phenoxy) is 2. The van der Waals surface area contributed by atoms with Gasteiger partial charge in [0.15, 0.2) is 6.10 Å². The van der Waals surface area contributed by atoms with Crippen molar-refractivity contribution in [2.45, 2.75) is 51.7 Å². The molecule has 6 heteroatoms. The van der Waals surface area contributed by atoms with Gasteiger partial charge in [-0.15, -0.1) is 0 Å². The molecular formula is C17H25NO5. The summed E-state index contributed by atoms with van der Waals surface area (Å²) in [4.78, 5) is 23.0. The summed E-state index contributed by atoms with van der Waals surface area (Å²) in [6.07, 6.45) is -1.50. The Labute approximate surface area is 136 Å². The van der Waals surface area contributed by atoms with Crippen molar-refractivity contribution >= 4 is 17.7 Å². The number of rotatable bonds is 5. The Morgan fingerprint density at radius 2 is 1.61 bits per heavy atom. The molecule has 0 spiro atoms. The Morgan fingerprint density at radius 1 is 1.09 bits per heavy atom. The van der Waals surface area contributed by atoms with Crippen molar-refractivity contribution in [2.24, 2.45) is 0 Å². The van der Waals surface area contributed by atoms with E-state index in [0.29, 0.717) is 5.69 Å². The van der Waals surface area contributed by atoms with Crippen LogP contribution in [-0.2, 0) is 19.7 Å². The van der Waals surface area contributed by atoms with E-state index in [4.69, 9.17) is 9.47 Å². The number of hydrogen-bond donors (Lipinski definition) is 2. The summed E-state index contributed by atoms with van der Waals surface area (Å²) in [5.74, 6) is -1.02. The van der Waals surface area contributed by atoms with E-state index in [1.165, 1.54) is 7.11 Å². The summed E-state index contributed by atoms with van der Waals surface area (Å²) in [5.41, 5.74) is 0.0779. The topological polar surface area (TPSA) is 84.9 Å². The number of carboxylic acids is 1. The zero-order valence-electron chi connectivity index (χ0n) is 14.5. The fraction of sp³-hybridized carbons (Fsp3) is 0.529. The third-order valence-corrected chi connectivity index (χ3v) is 3.39. The van der Waals surface area contributed by atoms with Gasteiger partial charge in [-0.25, -0.2) is 9.59 Å². The Hall–Kier alpha value is -2.08. The molecule has 1 rings (SSSR count). The lowest BCUT2D eigenvalue weighted by Crippen LogP contribution is -2.41. The summed E-state index contributed by atoms with van der Waals surface area (Å²) >= 11 is 0. The van der Waals surface area contributed by atoms with E-state index >= 15 is 0 Å². The van der Waals surface area contributed by atoms with Crippen LogP contribution in [0, 0.1) is 0 Å². The summed E-state index contributed by atoms with van der Waals surface area (Å²) in [5, 5.41) is 11.9. The second-order valence-corrected chi connectivity index (χ2v) is 6.88. The van der Waals surface area contributed by atoms with Crippen LogP contribution in [0.4, 0.5) is 10.5 Å². The van der Waals surface area contributed by atoms with Crippen molar-refractivity contribution < 1.29 is 24.2 Å². The maximum Gasteiger partial charge on any atom is 0.412 e. The highest BCUT2D eigenvalue weighted by Gasteiger charge is 2.36. The summed E-state index contributed by atoms with van der Waals surface area (Å²) in [7, 11) is 1.37. The van der Waals surface area contributed by atoms with E-state index in [9.17, 15) is 14.7 Å². The van der Waals surface area contributed by atoms with Crippen molar-refractivity contribution in [2.75, 3.05) is 12.4 Å². The van der Waals surface area contributed by atoms with Crippen molar-refractivity contribution in [3.8, 4) is 0 Å². The van der Waals surface area contributed by atoms with Crippen LogP contribution in [0.5, 0.6) is 0 Å². The van der Waals surface area contributed by atoms with Crippen LogP contribution in [0.3, 0.4) is 0 Å². The molecule has 1 amide bonds. The third kappa shape index (κ3) is 5.25. The Balaban J connectivity index is 2.88. The first-order chi connectivity index (χ1) is 10.5. The van der Waals surface area contributed by atoms with Gasteiger partial charge in [0.05, 0.1) is 0 Å². The number of carbonyl (C=O) groups is 2. The SMILES string of the molecule is COC(C(=O)O)C(C)(C)c1ccc(NC(=O)OC(C)(C)C)cc1. The lowest BCUT2D eigenvalue weighted by molar-refractivity contribution is -0.152. The second kappa shape index (κ2) is 7.00. The van der Waals surface area contributed by atoms with Gasteiger partial charge >= 0.3 is 12.1 Å². The molecule has 1 atom stereocenters. The minimum Gasteiger partial charge on any atom is -0.479 e. The second-order valence-electron chi connectivity index (χ2n) is 6.88. The average Bonchev–Trinajstić information content (AvgIpc) is 2.36. The maximum atomic E-state index is 11.7. The molecule has 0 bridgehead atoms. The predicted octanol–water partition coefficient (Wildman–Crippen LogP) is 3.41. The zero-order valence-corrected chi connectivity index (χ0v) is 14.5. The summed E-state index contributed by atoms with van der Waals surface area (Å²) in [6, 6.07) is 6.94. The number of carbonyl (C=O) groups excluding carboxylic acids is 1. The van der Waals surface area contributed by atoms with E-state index in [1.54, 1.807) is 58.9 Å². The van der Waals surface area contributed by atoms with E-state index in [2.05, 4.69) is 5.32 Å². The molecule has 2 N–H and O–H groups in total. The van der Waals surface area contributed by atoms with Gasteiger partial charge in [0.1, 0.15) is 5.60 Å². The molecule has 6 nitrogen and oxygen atoms in total. The number of anilines is 1. The maximum absolute atomic E-state index is 11.7. The van der Waals surface area contributed by atoms with Crippen LogP contribution >= 0.6 is 0 Å². The molecule has 23 heavy (non-hydrogen) atoms. The molecule has 0 saturated carbocycles. The Kier molecular flexibility index (Phi) is 5.77. The molecule has 0 aromatic heterocycles. The van der Waals surface area contributed by atoms with E-state index in [0.717, 1.165) is 5.56 Å². The monoisotopic (exact) mass is 323 g/mol.